The van der Waals surface area contributed by atoms with E-state index in [1.54, 1.807) is 7.11 Å². The van der Waals surface area contributed by atoms with E-state index in [1.165, 1.54) is 0 Å². The summed E-state index contributed by atoms with van der Waals surface area (Å²) < 4.78 is 5.49. The van der Waals surface area contributed by atoms with Gasteiger partial charge in [0.1, 0.15) is 11.5 Å². The Balaban J connectivity index is 0.000000577. The number of hydrogen-bond acceptors (Lipinski definition) is 3. The van der Waals surface area contributed by atoms with E-state index >= 15 is 0 Å². The molecule has 0 aliphatic heterocycles. The van der Waals surface area contributed by atoms with Crippen molar-refractivity contribution in [2.75, 3.05) is 7.11 Å². The number of unbranched alkanes of at least 4 members (excludes halogenated alkanes) is 2. The molecule has 0 amide bonds. The Labute approximate surface area is 158 Å². The minimum absolute atomic E-state index is 0.412. The van der Waals surface area contributed by atoms with Crippen molar-refractivity contribution in [1.29, 1.82) is 0 Å². The van der Waals surface area contributed by atoms with Gasteiger partial charge in [0.2, 0.25) is 0 Å². The highest BCUT2D eigenvalue weighted by atomic mass is 16.5. The molecule has 1 aliphatic carbocycles. The standard InChI is InChI=1S/C19H26O2.C4H6O/c1-6-7-8-9-19(21-5)18(13-20)17-12-16(14(2)3)11-10-15(17)4;1-3-2-4(3)5/h10-13H,2,6-9H2,1,3-5H3;3H,2H2,1H3/b19-18+;. The molecule has 1 aromatic carbocycles. The van der Waals surface area contributed by atoms with Crippen LogP contribution >= 0.6 is 0 Å². The van der Waals surface area contributed by atoms with E-state index in [0.717, 1.165) is 66.4 Å². The summed E-state index contributed by atoms with van der Waals surface area (Å²) >= 11 is 0. The molecular formula is C23H32O3. The summed E-state index contributed by atoms with van der Waals surface area (Å²) in [6, 6.07) is 6.09. The van der Waals surface area contributed by atoms with Gasteiger partial charge in [-0.05, 0) is 43.0 Å². The summed E-state index contributed by atoms with van der Waals surface area (Å²) in [5, 5.41) is 0. The molecule has 142 valence electrons. The first-order valence-corrected chi connectivity index (χ1v) is 9.37. The minimum Gasteiger partial charge on any atom is -0.500 e. The fourth-order valence-corrected chi connectivity index (χ4v) is 2.58. The number of hydrogen-bond donors (Lipinski definition) is 0. The van der Waals surface area contributed by atoms with Gasteiger partial charge in [0.15, 0.2) is 6.29 Å². The third-order valence-electron chi connectivity index (χ3n) is 4.59. The predicted octanol–water partition coefficient (Wildman–Crippen LogP) is 5.76. The van der Waals surface area contributed by atoms with E-state index in [-0.39, 0.29) is 0 Å². The molecule has 1 saturated carbocycles. The van der Waals surface area contributed by atoms with Crippen LogP contribution in [0.5, 0.6) is 0 Å². The van der Waals surface area contributed by atoms with E-state index in [1.807, 2.05) is 39.0 Å². The number of allylic oxidation sites excluding steroid dienone is 3. The molecule has 0 bridgehead atoms. The van der Waals surface area contributed by atoms with Gasteiger partial charge in [0.05, 0.1) is 12.7 Å². The van der Waals surface area contributed by atoms with Crippen LogP contribution in [-0.4, -0.2) is 19.2 Å². The molecule has 3 heteroatoms. The third kappa shape index (κ3) is 6.62. The highest BCUT2D eigenvalue weighted by Gasteiger charge is 2.28. The molecule has 1 atom stereocenters. The Morgan fingerprint density at radius 1 is 1.35 bits per heavy atom. The number of methoxy groups -OCH3 is 1. The first-order chi connectivity index (χ1) is 12.3. The lowest BCUT2D eigenvalue weighted by Gasteiger charge is -2.14. The van der Waals surface area contributed by atoms with Gasteiger partial charge in [-0.2, -0.15) is 0 Å². The van der Waals surface area contributed by atoms with Crippen molar-refractivity contribution in [2.45, 2.75) is 59.8 Å². The molecule has 0 saturated heterocycles. The van der Waals surface area contributed by atoms with Gasteiger partial charge in [0.25, 0.3) is 0 Å². The zero-order valence-corrected chi connectivity index (χ0v) is 16.9. The van der Waals surface area contributed by atoms with Gasteiger partial charge in [-0.1, -0.05) is 51.0 Å². The second kappa shape index (κ2) is 10.7. The lowest BCUT2D eigenvalue weighted by molar-refractivity contribution is -0.111. The molecule has 0 radical (unpaired) electrons. The summed E-state index contributed by atoms with van der Waals surface area (Å²) in [4.78, 5) is 21.5. The number of carbonyl (C=O) groups is 2. The monoisotopic (exact) mass is 356 g/mol. The molecule has 1 aromatic rings. The molecule has 1 unspecified atom stereocenters. The van der Waals surface area contributed by atoms with Crippen molar-refractivity contribution < 1.29 is 14.3 Å². The summed E-state index contributed by atoms with van der Waals surface area (Å²) in [6.45, 7) is 12.1. The van der Waals surface area contributed by atoms with Crippen LogP contribution in [0.2, 0.25) is 0 Å². The van der Waals surface area contributed by atoms with Crippen LogP contribution in [0.15, 0.2) is 30.5 Å². The molecule has 0 N–H and O–H groups in total. The Kier molecular flexibility index (Phi) is 9.04. The van der Waals surface area contributed by atoms with Crippen molar-refractivity contribution >= 4 is 23.2 Å². The van der Waals surface area contributed by atoms with Crippen LogP contribution in [0.1, 0.15) is 69.6 Å². The van der Waals surface area contributed by atoms with Gasteiger partial charge in [0, 0.05) is 18.8 Å². The van der Waals surface area contributed by atoms with E-state index in [4.69, 9.17) is 4.74 Å². The van der Waals surface area contributed by atoms with Crippen molar-refractivity contribution in [1.82, 2.24) is 0 Å². The van der Waals surface area contributed by atoms with E-state index in [9.17, 15) is 9.59 Å². The summed E-state index contributed by atoms with van der Waals surface area (Å²) in [6.07, 6.45) is 5.88. The Bertz CT molecular complexity index is 683. The number of aldehydes is 1. The largest absolute Gasteiger partial charge is 0.500 e. The molecule has 2 rings (SSSR count). The minimum atomic E-state index is 0.412. The lowest BCUT2D eigenvalue weighted by Crippen LogP contribution is -2.00. The Hall–Kier alpha value is -2.16. The third-order valence-corrected chi connectivity index (χ3v) is 4.59. The molecule has 1 fully saturated rings. The van der Waals surface area contributed by atoms with E-state index < -0.39 is 0 Å². The van der Waals surface area contributed by atoms with Crippen molar-refractivity contribution in [2.24, 2.45) is 5.92 Å². The predicted molar refractivity (Wildman–Crippen MR) is 109 cm³/mol. The van der Waals surface area contributed by atoms with Crippen LogP contribution in [-0.2, 0) is 14.3 Å². The number of aryl methyl sites for hydroxylation is 1. The molecular weight excluding hydrogens is 324 g/mol. The quantitative estimate of drug-likeness (QED) is 0.257. The zero-order chi connectivity index (χ0) is 19.7. The number of Topliss-reactive ketones (excluding diaryl/α,β-unsaturated/α-hetero) is 1. The SMILES string of the molecule is C=C(C)c1ccc(C)c(/C(C=O)=C(\CCCCC)OC)c1.CC1CC1=O. The maximum absolute atomic E-state index is 11.6. The first-order valence-electron chi connectivity index (χ1n) is 9.37. The maximum Gasteiger partial charge on any atom is 0.154 e. The number of carbonyl (C=O) groups excluding carboxylic acids is 2. The molecule has 0 heterocycles. The lowest BCUT2D eigenvalue weighted by atomic mass is 9.94. The van der Waals surface area contributed by atoms with Gasteiger partial charge in [-0.25, -0.2) is 0 Å². The average Bonchev–Trinajstić information content (AvgIpc) is 3.27. The Morgan fingerprint density at radius 2 is 1.96 bits per heavy atom. The molecule has 0 aromatic heterocycles. The van der Waals surface area contributed by atoms with Crippen molar-refractivity contribution in [3.05, 3.63) is 47.2 Å². The molecule has 3 nitrogen and oxygen atoms in total. The van der Waals surface area contributed by atoms with Gasteiger partial charge in [-0.15, -0.1) is 0 Å². The number of rotatable bonds is 8. The van der Waals surface area contributed by atoms with Crippen LogP contribution in [0.3, 0.4) is 0 Å². The van der Waals surface area contributed by atoms with Crippen LogP contribution in [0, 0.1) is 12.8 Å². The number of ketones is 1. The number of benzene rings is 1. The molecule has 1 aliphatic rings. The highest BCUT2D eigenvalue weighted by molar-refractivity contribution is 6.08. The second-order valence-electron chi connectivity index (χ2n) is 7.00. The summed E-state index contributed by atoms with van der Waals surface area (Å²) in [7, 11) is 1.64. The van der Waals surface area contributed by atoms with Gasteiger partial charge >= 0.3 is 0 Å². The molecule has 0 spiro atoms. The first kappa shape index (κ1) is 21.9. The summed E-state index contributed by atoms with van der Waals surface area (Å²) in [5.41, 5.74) is 4.73. The van der Waals surface area contributed by atoms with E-state index in [2.05, 4.69) is 13.5 Å². The van der Waals surface area contributed by atoms with Crippen molar-refractivity contribution in [3.8, 4) is 0 Å². The van der Waals surface area contributed by atoms with Gasteiger partial charge < -0.3 is 4.74 Å². The van der Waals surface area contributed by atoms with Crippen molar-refractivity contribution in [3.63, 3.8) is 0 Å². The topological polar surface area (TPSA) is 43.4 Å². The fraction of sp³-hybridized carbons (Fsp3) is 0.478. The fourth-order valence-electron chi connectivity index (χ4n) is 2.58. The Morgan fingerprint density at radius 3 is 2.38 bits per heavy atom. The van der Waals surface area contributed by atoms with E-state index in [0.29, 0.717) is 17.3 Å². The highest BCUT2D eigenvalue weighted by Crippen LogP contribution is 2.27. The second-order valence-corrected chi connectivity index (χ2v) is 7.00. The maximum atomic E-state index is 11.6. The van der Waals surface area contributed by atoms with Crippen LogP contribution in [0.4, 0.5) is 0 Å². The smallest absolute Gasteiger partial charge is 0.154 e. The van der Waals surface area contributed by atoms with Gasteiger partial charge in [-0.3, -0.25) is 9.59 Å². The van der Waals surface area contributed by atoms with Crippen LogP contribution in [0.25, 0.3) is 11.1 Å². The normalized spacial score (nSPS) is 16.2. The van der Waals surface area contributed by atoms with Crippen LogP contribution < -0.4 is 0 Å². The average molecular weight is 357 g/mol. The zero-order valence-electron chi connectivity index (χ0n) is 16.9. The molecule has 26 heavy (non-hydrogen) atoms. The number of ether oxygens (including phenoxy) is 1. The summed E-state index contributed by atoms with van der Waals surface area (Å²) in [5.74, 6) is 1.61.